The normalized spacial score (nSPS) is 11.0. The predicted molar refractivity (Wildman–Crippen MR) is 126 cm³/mol. The van der Waals surface area contributed by atoms with Crippen molar-refractivity contribution in [1.82, 2.24) is 0 Å². The topological polar surface area (TPSA) is 50.8 Å². The van der Waals surface area contributed by atoms with E-state index in [-0.39, 0.29) is 5.91 Å². The summed E-state index contributed by atoms with van der Waals surface area (Å²) in [6.07, 6.45) is 4.23. The molecule has 2 rings (SSSR count). The van der Waals surface area contributed by atoms with Crippen molar-refractivity contribution in [2.75, 3.05) is 30.0 Å². The Hall–Kier alpha value is -2.95. The van der Waals surface area contributed by atoms with E-state index in [1.807, 2.05) is 49.4 Å². The summed E-state index contributed by atoms with van der Waals surface area (Å²) in [6.45, 7) is 12.6. The largest absolute Gasteiger partial charge is 0.490 e. The lowest BCUT2D eigenvalue weighted by Crippen LogP contribution is -2.30. The Kier molecular flexibility index (Phi) is 9.26. The molecule has 0 unspecified atom stereocenters. The monoisotopic (exact) mass is 410 g/mol. The molecule has 5 heteroatoms. The summed E-state index contributed by atoms with van der Waals surface area (Å²) in [5, 5.41) is 2.90. The van der Waals surface area contributed by atoms with Crippen molar-refractivity contribution >= 4 is 23.4 Å². The number of anilines is 2. The van der Waals surface area contributed by atoms with Crippen LogP contribution in [0.2, 0.25) is 0 Å². The number of nitrogens with zero attached hydrogens (tertiary/aromatic N) is 1. The Morgan fingerprint density at radius 3 is 2.37 bits per heavy atom. The Balaban J connectivity index is 2.02. The van der Waals surface area contributed by atoms with Gasteiger partial charge >= 0.3 is 0 Å². The fourth-order valence-corrected chi connectivity index (χ4v) is 3.17. The SMILES string of the molecule is CCCOc1ccc(/C=C/C(=O)Nc2ccc(N(CC)C(C)C)cc2)cc1OCC. The van der Waals surface area contributed by atoms with Crippen LogP contribution >= 0.6 is 0 Å². The summed E-state index contributed by atoms with van der Waals surface area (Å²) in [4.78, 5) is 14.6. The molecule has 5 nitrogen and oxygen atoms in total. The fraction of sp³-hybridized carbons (Fsp3) is 0.400. The molecule has 162 valence electrons. The minimum Gasteiger partial charge on any atom is -0.490 e. The molecule has 1 N–H and O–H groups in total. The average Bonchev–Trinajstić information content (AvgIpc) is 2.73. The molecular formula is C25H34N2O3. The van der Waals surface area contributed by atoms with Gasteiger partial charge in [-0.25, -0.2) is 0 Å². The molecule has 0 aliphatic rings. The third-order valence-corrected chi connectivity index (χ3v) is 4.59. The quantitative estimate of drug-likeness (QED) is 0.479. The van der Waals surface area contributed by atoms with E-state index in [1.165, 1.54) is 6.08 Å². The number of rotatable bonds is 11. The van der Waals surface area contributed by atoms with Crippen molar-refractivity contribution in [3.63, 3.8) is 0 Å². The Labute approximate surface area is 180 Å². The molecule has 2 aromatic carbocycles. The highest BCUT2D eigenvalue weighted by molar-refractivity contribution is 6.02. The number of benzene rings is 2. The molecule has 0 aliphatic heterocycles. The molecular weight excluding hydrogens is 376 g/mol. The maximum Gasteiger partial charge on any atom is 0.248 e. The third kappa shape index (κ3) is 6.83. The summed E-state index contributed by atoms with van der Waals surface area (Å²) >= 11 is 0. The molecule has 0 heterocycles. The molecule has 30 heavy (non-hydrogen) atoms. The lowest BCUT2D eigenvalue weighted by molar-refractivity contribution is -0.111. The minimum atomic E-state index is -0.178. The van der Waals surface area contributed by atoms with Crippen molar-refractivity contribution in [1.29, 1.82) is 0 Å². The lowest BCUT2D eigenvalue weighted by Gasteiger charge is -2.27. The van der Waals surface area contributed by atoms with Crippen LogP contribution in [0.25, 0.3) is 6.08 Å². The van der Waals surface area contributed by atoms with Gasteiger partial charge in [0.1, 0.15) is 0 Å². The van der Waals surface area contributed by atoms with Gasteiger partial charge < -0.3 is 19.7 Å². The van der Waals surface area contributed by atoms with E-state index < -0.39 is 0 Å². The summed E-state index contributed by atoms with van der Waals surface area (Å²) in [7, 11) is 0. The van der Waals surface area contributed by atoms with Crippen LogP contribution in [0.3, 0.4) is 0 Å². The van der Waals surface area contributed by atoms with Gasteiger partial charge in [0.05, 0.1) is 13.2 Å². The van der Waals surface area contributed by atoms with Crippen molar-refractivity contribution in [3.05, 3.63) is 54.1 Å². The molecule has 0 bridgehead atoms. The zero-order valence-electron chi connectivity index (χ0n) is 18.8. The van der Waals surface area contributed by atoms with Gasteiger partial charge in [-0.1, -0.05) is 13.0 Å². The van der Waals surface area contributed by atoms with Gasteiger partial charge in [-0.2, -0.15) is 0 Å². The van der Waals surface area contributed by atoms with E-state index in [0.29, 0.717) is 25.0 Å². The number of carbonyl (C=O) groups excluding carboxylic acids is 1. The Morgan fingerprint density at radius 1 is 1.03 bits per heavy atom. The first kappa shape index (κ1) is 23.3. The first-order chi connectivity index (χ1) is 14.5. The second-order valence-corrected chi connectivity index (χ2v) is 7.24. The maximum atomic E-state index is 12.3. The van der Waals surface area contributed by atoms with Crippen molar-refractivity contribution in [3.8, 4) is 11.5 Å². The van der Waals surface area contributed by atoms with E-state index in [1.54, 1.807) is 6.08 Å². The van der Waals surface area contributed by atoms with Crippen LogP contribution in [-0.4, -0.2) is 31.7 Å². The standard InChI is InChI=1S/C25H34N2O3/c1-6-17-30-23-15-9-20(18-24(23)29-8-3)10-16-25(28)26-21-11-13-22(14-12-21)27(7-2)19(4)5/h9-16,18-19H,6-8,17H2,1-5H3,(H,26,28)/b16-10+. The summed E-state index contributed by atoms with van der Waals surface area (Å²) < 4.78 is 11.4. The minimum absolute atomic E-state index is 0.178. The molecule has 0 radical (unpaired) electrons. The average molecular weight is 411 g/mol. The van der Waals surface area contributed by atoms with Gasteiger partial charge in [-0.05, 0) is 82.2 Å². The number of hydrogen-bond acceptors (Lipinski definition) is 4. The summed E-state index contributed by atoms with van der Waals surface area (Å²) in [5.74, 6) is 1.24. The van der Waals surface area contributed by atoms with Crippen molar-refractivity contribution in [2.45, 2.75) is 47.1 Å². The van der Waals surface area contributed by atoms with Gasteiger partial charge in [0.15, 0.2) is 11.5 Å². The van der Waals surface area contributed by atoms with Gasteiger partial charge in [0.2, 0.25) is 5.91 Å². The number of amides is 1. The van der Waals surface area contributed by atoms with Gasteiger partial charge in [-0.3, -0.25) is 4.79 Å². The van der Waals surface area contributed by atoms with Gasteiger partial charge in [0, 0.05) is 30.0 Å². The van der Waals surface area contributed by atoms with Crippen LogP contribution in [-0.2, 0) is 4.79 Å². The van der Waals surface area contributed by atoms with E-state index in [9.17, 15) is 4.79 Å². The van der Waals surface area contributed by atoms with Crippen LogP contribution in [0.4, 0.5) is 11.4 Å². The lowest BCUT2D eigenvalue weighted by atomic mass is 10.2. The fourth-order valence-electron chi connectivity index (χ4n) is 3.17. The first-order valence-corrected chi connectivity index (χ1v) is 10.7. The van der Waals surface area contributed by atoms with Gasteiger partial charge in [-0.15, -0.1) is 0 Å². The van der Waals surface area contributed by atoms with E-state index in [4.69, 9.17) is 9.47 Å². The second kappa shape index (κ2) is 11.9. The molecule has 2 aromatic rings. The number of ether oxygens (including phenoxy) is 2. The van der Waals surface area contributed by atoms with Crippen LogP contribution in [0.15, 0.2) is 48.5 Å². The zero-order valence-corrected chi connectivity index (χ0v) is 18.8. The highest BCUT2D eigenvalue weighted by Crippen LogP contribution is 2.29. The predicted octanol–water partition coefficient (Wildman–Crippen LogP) is 5.76. The van der Waals surface area contributed by atoms with Crippen molar-refractivity contribution < 1.29 is 14.3 Å². The first-order valence-electron chi connectivity index (χ1n) is 10.7. The molecule has 0 saturated heterocycles. The van der Waals surface area contributed by atoms with E-state index in [2.05, 4.69) is 37.9 Å². The van der Waals surface area contributed by atoms with Crippen LogP contribution in [0, 0.1) is 0 Å². The highest BCUT2D eigenvalue weighted by Gasteiger charge is 2.08. The Bertz CT molecular complexity index is 829. The zero-order chi connectivity index (χ0) is 21.9. The highest BCUT2D eigenvalue weighted by atomic mass is 16.5. The smallest absolute Gasteiger partial charge is 0.248 e. The molecule has 0 atom stereocenters. The second-order valence-electron chi connectivity index (χ2n) is 7.24. The van der Waals surface area contributed by atoms with Crippen LogP contribution in [0.5, 0.6) is 11.5 Å². The van der Waals surface area contributed by atoms with Crippen molar-refractivity contribution in [2.24, 2.45) is 0 Å². The maximum absolute atomic E-state index is 12.3. The van der Waals surface area contributed by atoms with Gasteiger partial charge in [0.25, 0.3) is 0 Å². The molecule has 0 aliphatic carbocycles. The molecule has 0 aromatic heterocycles. The molecule has 0 fully saturated rings. The van der Waals surface area contributed by atoms with E-state index in [0.717, 1.165) is 35.7 Å². The Morgan fingerprint density at radius 2 is 1.77 bits per heavy atom. The number of nitrogens with one attached hydrogen (secondary N) is 1. The summed E-state index contributed by atoms with van der Waals surface area (Å²) in [5.41, 5.74) is 2.80. The third-order valence-electron chi connectivity index (χ3n) is 4.59. The van der Waals surface area contributed by atoms with Crippen LogP contribution < -0.4 is 19.7 Å². The molecule has 0 saturated carbocycles. The molecule has 1 amide bonds. The van der Waals surface area contributed by atoms with E-state index >= 15 is 0 Å². The van der Waals surface area contributed by atoms with Crippen LogP contribution in [0.1, 0.15) is 46.6 Å². The molecule has 0 spiro atoms. The summed E-state index contributed by atoms with van der Waals surface area (Å²) in [6, 6.07) is 14.0. The number of hydrogen-bond donors (Lipinski definition) is 1. The number of carbonyl (C=O) groups is 1.